The monoisotopic (exact) mass is 363 g/mol. The Bertz CT molecular complexity index is 653. The third kappa shape index (κ3) is 3.19. The third-order valence-electron chi connectivity index (χ3n) is 2.50. The van der Waals surface area contributed by atoms with Gasteiger partial charge in [0.2, 0.25) is 0 Å². The highest BCUT2D eigenvalue weighted by Crippen LogP contribution is 2.33. The van der Waals surface area contributed by atoms with Crippen molar-refractivity contribution in [3.63, 3.8) is 0 Å². The molecule has 0 fully saturated rings. The van der Waals surface area contributed by atoms with E-state index >= 15 is 0 Å². The molecule has 0 radical (unpaired) electrons. The van der Waals surface area contributed by atoms with Gasteiger partial charge in [-0.1, -0.05) is 27.5 Å². The van der Waals surface area contributed by atoms with Gasteiger partial charge >= 0.3 is 6.18 Å². The lowest BCUT2D eigenvalue weighted by Crippen LogP contribution is -2.14. The number of carbonyl (C=O) groups excluding carboxylic acids is 1. The molecule has 2 aromatic rings. The van der Waals surface area contributed by atoms with E-state index in [1.165, 1.54) is 18.2 Å². The van der Waals surface area contributed by atoms with Crippen LogP contribution in [0.5, 0.6) is 0 Å². The smallest absolute Gasteiger partial charge is 0.289 e. The molecule has 0 spiro atoms. The summed E-state index contributed by atoms with van der Waals surface area (Å²) in [4.78, 5) is 15.8. The van der Waals surface area contributed by atoms with E-state index in [0.717, 1.165) is 18.5 Å². The number of hydrogen-bond donors (Lipinski definition) is 0. The highest BCUT2D eigenvalue weighted by Gasteiger charge is 2.35. The van der Waals surface area contributed by atoms with E-state index in [-0.39, 0.29) is 10.6 Å². The Morgan fingerprint density at radius 3 is 2.55 bits per heavy atom. The Hall–Kier alpha value is -1.40. The van der Waals surface area contributed by atoms with Gasteiger partial charge in [-0.25, -0.2) is 0 Å². The number of rotatable bonds is 2. The Morgan fingerprint density at radius 1 is 1.25 bits per heavy atom. The molecule has 0 N–H and O–H groups in total. The molecule has 0 aliphatic rings. The lowest BCUT2D eigenvalue weighted by molar-refractivity contribution is -0.137. The van der Waals surface area contributed by atoms with Crippen LogP contribution in [-0.2, 0) is 6.18 Å². The van der Waals surface area contributed by atoms with Crippen molar-refractivity contribution in [1.29, 1.82) is 0 Å². The number of pyridine rings is 1. The number of carbonyl (C=O) groups is 1. The van der Waals surface area contributed by atoms with Crippen molar-refractivity contribution in [2.75, 3.05) is 0 Å². The number of alkyl halides is 3. The average molecular weight is 365 g/mol. The minimum atomic E-state index is -4.62. The van der Waals surface area contributed by atoms with Gasteiger partial charge in [-0.05, 0) is 24.3 Å². The molecule has 0 aliphatic carbocycles. The molecular weight excluding hydrogens is 358 g/mol. The summed E-state index contributed by atoms with van der Waals surface area (Å²) in [6.45, 7) is 0. The van der Waals surface area contributed by atoms with Crippen LogP contribution < -0.4 is 0 Å². The maximum atomic E-state index is 12.9. The van der Waals surface area contributed by atoms with Gasteiger partial charge in [0.15, 0.2) is 5.78 Å². The molecule has 1 aromatic heterocycles. The Balaban J connectivity index is 2.54. The molecular formula is C13H6BrClF3NO. The molecule has 0 amide bonds. The maximum absolute atomic E-state index is 12.9. The van der Waals surface area contributed by atoms with E-state index in [1.54, 1.807) is 0 Å². The molecule has 0 saturated carbocycles. The van der Waals surface area contributed by atoms with Crippen molar-refractivity contribution < 1.29 is 18.0 Å². The van der Waals surface area contributed by atoms with E-state index in [9.17, 15) is 18.0 Å². The van der Waals surface area contributed by atoms with Gasteiger partial charge in [-0.15, -0.1) is 0 Å². The summed E-state index contributed by atoms with van der Waals surface area (Å²) in [5.41, 5.74) is -1.47. The predicted octanol–water partition coefficient (Wildman–Crippen LogP) is 4.75. The van der Waals surface area contributed by atoms with Crippen molar-refractivity contribution in [3.05, 3.63) is 62.8 Å². The number of nitrogens with zero attached hydrogens (tertiary/aromatic N) is 1. The molecule has 0 atom stereocenters. The second kappa shape index (κ2) is 5.54. The first-order valence-electron chi connectivity index (χ1n) is 5.31. The fourth-order valence-electron chi connectivity index (χ4n) is 1.66. The van der Waals surface area contributed by atoms with E-state index in [2.05, 4.69) is 20.9 Å². The lowest BCUT2D eigenvalue weighted by atomic mass is 10.0. The summed E-state index contributed by atoms with van der Waals surface area (Å²) < 4.78 is 39.1. The third-order valence-corrected chi connectivity index (χ3v) is 3.17. The molecule has 2 rings (SSSR count). The van der Waals surface area contributed by atoms with Crippen LogP contribution in [-0.4, -0.2) is 10.8 Å². The molecule has 0 aliphatic heterocycles. The molecule has 20 heavy (non-hydrogen) atoms. The minimum Gasteiger partial charge on any atom is -0.289 e. The van der Waals surface area contributed by atoms with Crippen molar-refractivity contribution in [2.45, 2.75) is 6.18 Å². The van der Waals surface area contributed by atoms with E-state index < -0.39 is 23.1 Å². The van der Waals surface area contributed by atoms with Crippen LogP contribution in [0.3, 0.4) is 0 Å². The van der Waals surface area contributed by atoms with Crippen LogP contribution in [0.1, 0.15) is 21.5 Å². The summed E-state index contributed by atoms with van der Waals surface area (Å²) in [6.07, 6.45) is -2.73. The van der Waals surface area contributed by atoms with Gasteiger partial charge < -0.3 is 0 Å². The van der Waals surface area contributed by atoms with Crippen LogP contribution in [0, 0.1) is 0 Å². The summed E-state index contributed by atoms with van der Waals surface area (Å²) in [7, 11) is 0. The predicted molar refractivity (Wildman–Crippen MR) is 71.8 cm³/mol. The van der Waals surface area contributed by atoms with Crippen LogP contribution in [0.4, 0.5) is 13.2 Å². The van der Waals surface area contributed by atoms with Crippen molar-refractivity contribution in [2.24, 2.45) is 0 Å². The SMILES string of the molecule is O=C(c1cc(Cl)cc(Br)c1)c1cnccc1C(F)(F)F. The van der Waals surface area contributed by atoms with E-state index in [0.29, 0.717) is 4.47 Å². The fourth-order valence-corrected chi connectivity index (χ4v) is 2.52. The number of ketones is 1. The van der Waals surface area contributed by atoms with Crippen molar-refractivity contribution in [3.8, 4) is 0 Å². The van der Waals surface area contributed by atoms with Gasteiger partial charge in [-0.3, -0.25) is 9.78 Å². The minimum absolute atomic E-state index is 0.0582. The molecule has 0 bridgehead atoms. The molecule has 0 unspecified atom stereocenters. The van der Waals surface area contributed by atoms with Crippen LogP contribution in [0.15, 0.2) is 41.1 Å². The standard InChI is InChI=1S/C13H6BrClF3NO/c14-8-3-7(4-9(15)5-8)12(20)10-6-19-2-1-11(10)13(16,17)18/h1-6H. The second-order valence-electron chi connectivity index (χ2n) is 3.91. The molecule has 104 valence electrons. The summed E-state index contributed by atoms with van der Waals surface area (Å²) in [6, 6.07) is 5.02. The van der Waals surface area contributed by atoms with Gasteiger partial charge in [0, 0.05) is 27.5 Å². The summed E-state index contributed by atoms with van der Waals surface area (Å²) in [5.74, 6) is -0.784. The zero-order valence-corrected chi connectivity index (χ0v) is 12.1. The normalized spacial score (nSPS) is 11.4. The Kier molecular flexibility index (Phi) is 4.15. The van der Waals surface area contributed by atoms with Crippen LogP contribution >= 0.6 is 27.5 Å². The average Bonchev–Trinajstić information content (AvgIpc) is 2.35. The lowest BCUT2D eigenvalue weighted by Gasteiger charge is -2.11. The first-order valence-corrected chi connectivity index (χ1v) is 6.48. The zero-order chi connectivity index (χ0) is 14.9. The van der Waals surface area contributed by atoms with E-state index in [1.807, 2.05) is 0 Å². The Morgan fingerprint density at radius 2 is 1.95 bits per heavy atom. The van der Waals surface area contributed by atoms with Crippen LogP contribution in [0.25, 0.3) is 0 Å². The van der Waals surface area contributed by atoms with E-state index in [4.69, 9.17) is 11.6 Å². The maximum Gasteiger partial charge on any atom is 0.417 e. The first-order chi connectivity index (χ1) is 9.29. The molecule has 7 heteroatoms. The van der Waals surface area contributed by atoms with Gasteiger partial charge in [0.1, 0.15) is 0 Å². The molecule has 0 saturated heterocycles. The molecule has 1 heterocycles. The number of hydrogen-bond acceptors (Lipinski definition) is 2. The highest BCUT2D eigenvalue weighted by molar-refractivity contribution is 9.10. The topological polar surface area (TPSA) is 30.0 Å². The van der Waals surface area contributed by atoms with Gasteiger partial charge in [0.05, 0.1) is 11.1 Å². The largest absolute Gasteiger partial charge is 0.417 e. The van der Waals surface area contributed by atoms with Crippen molar-refractivity contribution in [1.82, 2.24) is 4.98 Å². The van der Waals surface area contributed by atoms with Crippen molar-refractivity contribution >= 4 is 33.3 Å². The Labute approximate surface area is 125 Å². The number of halogens is 5. The molecule has 1 aromatic carbocycles. The number of aromatic nitrogens is 1. The van der Waals surface area contributed by atoms with Crippen LogP contribution in [0.2, 0.25) is 5.02 Å². The second-order valence-corrected chi connectivity index (χ2v) is 5.26. The summed E-state index contributed by atoms with van der Waals surface area (Å²) in [5, 5.41) is 0.250. The fraction of sp³-hybridized carbons (Fsp3) is 0.0769. The van der Waals surface area contributed by atoms with Gasteiger partial charge in [-0.2, -0.15) is 13.2 Å². The quantitative estimate of drug-likeness (QED) is 0.720. The highest BCUT2D eigenvalue weighted by atomic mass is 79.9. The first kappa shape index (κ1) is 15.0. The van der Waals surface area contributed by atoms with Gasteiger partial charge in [0.25, 0.3) is 0 Å². The number of benzene rings is 1. The zero-order valence-electron chi connectivity index (χ0n) is 9.71. The summed E-state index contributed by atoms with van der Waals surface area (Å²) >= 11 is 8.93. The molecule has 2 nitrogen and oxygen atoms in total.